The molecule has 3 aliphatic rings. The lowest BCUT2D eigenvalue weighted by Crippen LogP contribution is -2.66. The van der Waals surface area contributed by atoms with Crippen molar-refractivity contribution in [1.82, 2.24) is 5.32 Å². The number of rotatable bonds is 41. The number of amides is 1. The molecule has 3 aliphatic heterocycles. The van der Waals surface area contributed by atoms with Crippen LogP contribution in [0.4, 0.5) is 0 Å². The lowest BCUT2D eigenvalue weighted by molar-refractivity contribution is -0.379. The summed E-state index contributed by atoms with van der Waals surface area (Å²) in [4.78, 5) is 13.2. The van der Waals surface area contributed by atoms with Crippen LogP contribution in [0, 0.1) is 0 Å². The first-order valence-electron chi connectivity index (χ1n) is 29.2. The zero-order chi connectivity index (χ0) is 56.9. The van der Waals surface area contributed by atoms with E-state index in [0.717, 1.165) is 38.5 Å². The van der Waals surface area contributed by atoms with Gasteiger partial charge in [-0.1, -0.05) is 170 Å². The predicted octanol–water partition coefficient (Wildman–Crippen LogP) is 4.65. The molecule has 3 rings (SSSR count). The van der Waals surface area contributed by atoms with Crippen LogP contribution < -0.4 is 5.32 Å². The molecule has 3 fully saturated rings. The Balaban J connectivity index is 1.54. The second-order valence-corrected chi connectivity index (χ2v) is 20.7. The van der Waals surface area contributed by atoms with E-state index in [1.165, 1.54) is 83.5 Å². The lowest BCUT2D eigenvalue weighted by Gasteiger charge is -2.48. The molecule has 3 saturated heterocycles. The molecule has 12 N–H and O–H groups in total. The third kappa shape index (κ3) is 26.0. The third-order valence-electron chi connectivity index (χ3n) is 14.3. The van der Waals surface area contributed by atoms with Gasteiger partial charge < -0.3 is 89.9 Å². The number of hydrogen-bond acceptors (Lipinski definition) is 18. The third-order valence-corrected chi connectivity index (χ3v) is 14.3. The minimum atomic E-state index is -1.99. The minimum absolute atomic E-state index is 0.111. The fourth-order valence-corrected chi connectivity index (χ4v) is 9.45. The summed E-state index contributed by atoms with van der Waals surface area (Å²) in [5.74, 6) is -0.369. The van der Waals surface area contributed by atoms with Gasteiger partial charge in [-0.3, -0.25) is 4.79 Å². The number of hydrogen-bond donors (Lipinski definition) is 12. The van der Waals surface area contributed by atoms with E-state index < -0.39 is 131 Å². The molecule has 17 atom stereocenters. The zero-order valence-electron chi connectivity index (χ0n) is 46.6. The van der Waals surface area contributed by atoms with Crippen LogP contribution in [0.25, 0.3) is 0 Å². The van der Waals surface area contributed by atoms with Crippen LogP contribution in [0.1, 0.15) is 162 Å². The van der Waals surface area contributed by atoms with E-state index in [-0.39, 0.29) is 12.3 Å². The Morgan fingerprint density at radius 3 is 1.42 bits per heavy atom. The molecule has 0 spiro atoms. The highest BCUT2D eigenvalue weighted by Gasteiger charge is 2.53. The molecule has 0 aliphatic carbocycles. The number of carbonyl (C=O) groups excluding carboxylic acids is 1. The number of aliphatic hydroxyl groups excluding tert-OH is 11. The molecule has 19 heteroatoms. The van der Waals surface area contributed by atoms with Crippen molar-refractivity contribution in [2.45, 2.75) is 266 Å². The summed E-state index contributed by atoms with van der Waals surface area (Å²) < 4.78 is 34.1. The van der Waals surface area contributed by atoms with Crippen molar-refractivity contribution < 1.29 is 89.4 Å². The Kier molecular flexibility index (Phi) is 37.5. The van der Waals surface area contributed by atoms with Crippen molar-refractivity contribution in [3.63, 3.8) is 0 Å². The van der Waals surface area contributed by atoms with Crippen molar-refractivity contribution in [3.05, 3.63) is 72.9 Å². The van der Waals surface area contributed by atoms with Gasteiger partial charge in [0.05, 0.1) is 38.6 Å². The number of unbranched alkanes of at least 4 members (excludes halogenated alkanes) is 15. The number of ether oxygens (including phenoxy) is 6. The van der Waals surface area contributed by atoms with Gasteiger partial charge >= 0.3 is 0 Å². The normalized spacial score (nSPS) is 31.0. The van der Waals surface area contributed by atoms with E-state index in [0.29, 0.717) is 19.3 Å². The Morgan fingerprint density at radius 1 is 0.474 bits per heavy atom. The topological polar surface area (TPSA) is 307 Å². The number of allylic oxidation sites excluding steroid dienone is 11. The molecule has 450 valence electrons. The van der Waals surface area contributed by atoms with E-state index in [9.17, 15) is 61.0 Å². The molecule has 0 radical (unpaired) electrons. The molecule has 0 bridgehead atoms. The van der Waals surface area contributed by atoms with Crippen LogP contribution in [-0.4, -0.2) is 193 Å². The van der Waals surface area contributed by atoms with Gasteiger partial charge in [-0.2, -0.15) is 0 Å². The maximum Gasteiger partial charge on any atom is 0.220 e. The lowest BCUT2D eigenvalue weighted by atomic mass is 9.96. The van der Waals surface area contributed by atoms with E-state index in [1.54, 1.807) is 6.08 Å². The minimum Gasteiger partial charge on any atom is -0.394 e. The Hall–Kier alpha value is -2.77. The van der Waals surface area contributed by atoms with Gasteiger partial charge in [-0.15, -0.1) is 0 Å². The van der Waals surface area contributed by atoms with Gasteiger partial charge in [0.15, 0.2) is 18.9 Å². The molecule has 17 unspecified atom stereocenters. The van der Waals surface area contributed by atoms with Crippen molar-refractivity contribution >= 4 is 5.91 Å². The van der Waals surface area contributed by atoms with Crippen molar-refractivity contribution in [2.24, 2.45) is 0 Å². The van der Waals surface area contributed by atoms with Gasteiger partial charge in [0.1, 0.15) is 73.2 Å². The second-order valence-electron chi connectivity index (χ2n) is 20.7. The molecule has 0 saturated carbocycles. The molecular formula is C59H101NO18. The maximum absolute atomic E-state index is 13.2. The summed E-state index contributed by atoms with van der Waals surface area (Å²) >= 11 is 0. The molecule has 78 heavy (non-hydrogen) atoms. The van der Waals surface area contributed by atoms with Crippen LogP contribution in [0.3, 0.4) is 0 Å². The second kappa shape index (κ2) is 42.1. The Morgan fingerprint density at radius 2 is 0.897 bits per heavy atom. The van der Waals surface area contributed by atoms with Crippen LogP contribution >= 0.6 is 0 Å². The molecule has 0 aromatic heterocycles. The number of aliphatic hydroxyl groups is 11. The van der Waals surface area contributed by atoms with Gasteiger partial charge in [0.2, 0.25) is 5.91 Å². The van der Waals surface area contributed by atoms with Crippen molar-refractivity contribution in [1.29, 1.82) is 0 Å². The Labute approximate surface area is 464 Å². The largest absolute Gasteiger partial charge is 0.394 e. The average molecular weight is 1110 g/mol. The van der Waals surface area contributed by atoms with Gasteiger partial charge in [-0.05, 0) is 57.8 Å². The SMILES string of the molecule is CC/C=C\C/C=C\C/C=C\C/C=C\CCC(=O)NC(COC1OC(CO)C(OC2OC(CO)C(OC3OC(CO)C(O)C(O)C3O)C(O)C2O)C(O)C1O)C(O)/C=C/CC/C=C/CCCCCCCCCCCCCCCC. The smallest absolute Gasteiger partial charge is 0.220 e. The van der Waals surface area contributed by atoms with Gasteiger partial charge in [0, 0.05) is 6.42 Å². The van der Waals surface area contributed by atoms with E-state index in [4.69, 9.17) is 28.4 Å². The highest BCUT2D eigenvalue weighted by atomic mass is 16.8. The standard InChI is InChI=1S/C59H101NO18/c1-3-5-7-9-11-13-15-17-18-19-20-21-22-23-25-26-28-30-32-34-36-43(64)42(60-47(65)37-35-33-31-29-27-24-16-14-12-10-8-6-4-2)41-73-57-53(71)50(68)55(45(39-62)75-57)78-59-54(72)51(69)56(46(40-63)76-59)77-58-52(70)49(67)48(66)44(38-61)74-58/h6,8,12,14,24,26-28,31,33-34,36,42-46,48-59,61-64,66-72H,3-5,7,9-11,13,15-23,25,29-30,32,35,37-41H2,1-2H3,(H,60,65)/b8-6-,14-12-,27-24-,28-26+,33-31-,36-34+. The summed E-state index contributed by atoms with van der Waals surface area (Å²) in [5, 5.41) is 120. The zero-order valence-corrected chi connectivity index (χ0v) is 46.6. The first-order chi connectivity index (χ1) is 37.8. The quantitative estimate of drug-likeness (QED) is 0.0293. The van der Waals surface area contributed by atoms with E-state index in [1.807, 2.05) is 18.2 Å². The van der Waals surface area contributed by atoms with Gasteiger partial charge in [0.25, 0.3) is 0 Å². The average Bonchev–Trinajstić information content (AvgIpc) is 3.43. The highest BCUT2D eigenvalue weighted by Crippen LogP contribution is 2.33. The summed E-state index contributed by atoms with van der Waals surface area (Å²) in [5.41, 5.74) is 0. The van der Waals surface area contributed by atoms with Crippen LogP contribution in [0.2, 0.25) is 0 Å². The summed E-state index contributed by atoms with van der Waals surface area (Å²) in [6.07, 6.45) is 22.0. The Bertz CT molecular complexity index is 1710. The van der Waals surface area contributed by atoms with E-state index in [2.05, 4.69) is 67.8 Å². The summed E-state index contributed by atoms with van der Waals surface area (Å²) in [7, 11) is 0. The molecule has 0 aromatic carbocycles. The van der Waals surface area contributed by atoms with E-state index >= 15 is 0 Å². The molecule has 1 amide bonds. The molecule has 0 aromatic rings. The highest BCUT2D eigenvalue weighted by molar-refractivity contribution is 5.76. The maximum atomic E-state index is 13.2. The van der Waals surface area contributed by atoms with Crippen molar-refractivity contribution in [3.8, 4) is 0 Å². The molecule has 19 nitrogen and oxygen atoms in total. The van der Waals surface area contributed by atoms with Crippen molar-refractivity contribution in [2.75, 3.05) is 26.4 Å². The number of nitrogens with one attached hydrogen (secondary N) is 1. The van der Waals surface area contributed by atoms with Crippen LogP contribution in [0.5, 0.6) is 0 Å². The molecular weight excluding hydrogens is 1010 g/mol. The van der Waals surface area contributed by atoms with Gasteiger partial charge in [-0.25, -0.2) is 0 Å². The fraction of sp³-hybridized carbons (Fsp3) is 0.780. The first-order valence-corrected chi connectivity index (χ1v) is 29.2. The monoisotopic (exact) mass is 1110 g/mol. The fourth-order valence-electron chi connectivity index (χ4n) is 9.45. The molecule has 3 heterocycles. The predicted molar refractivity (Wildman–Crippen MR) is 295 cm³/mol. The first kappa shape index (κ1) is 69.5. The van der Waals surface area contributed by atoms with Crippen LogP contribution in [-0.2, 0) is 33.2 Å². The van der Waals surface area contributed by atoms with Crippen LogP contribution in [0.15, 0.2) is 72.9 Å². The number of carbonyl (C=O) groups is 1. The summed E-state index contributed by atoms with van der Waals surface area (Å²) in [6.45, 7) is 1.51. The summed E-state index contributed by atoms with van der Waals surface area (Å²) in [6, 6.07) is -1.03.